The zero-order chi connectivity index (χ0) is 13.0. The van der Waals surface area contributed by atoms with Crippen molar-refractivity contribution in [3.63, 3.8) is 0 Å². The molecule has 1 atom stereocenters. The zero-order valence-electron chi connectivity index (χ0n) is 11.6. The van der Waals surface area contributed by atoms with Crippen LogP contribution in [0.2, 0.25) is 0 Å². The zero-order valence-corrected chi connectivity index (χ0v) is 11.6. The second-order valence-corrected chi connectivity index (χ2v) is 5.26. The van der Waals surface area contributed by atoms with E-state index in [1.165, 1.54) is 12.8 Å². The maximum Gasteiger partial charge on any atom is 0.223 e. The summed E-state index contributed by atoms with van der Waals surface area (Å²) < 4.78 is 5.60. The van der Waals surface area contributed by atoms with Crippen LogP contribution < -0.4 is 5.32 Å². The third kappa shape index (κ3) is 3.67. The van der Waals surface area contributed by atoms with Crippen LogP contribution in [0.3, 0.4) is 0 Å². The predicted octanol–water partition coefficient (Wildman–Crippen LogP) is 2.89. The number of ether oxygens (including phenoxy) is 1. The van der Waals surface area contributed by atoms with Gasteiger partial charge in [-0.15, -0.1) is 0 Å². The van der Waals surface area contributed by atoms with Crippen molar-refractivity contribution in [3.05, 3.63) is 17.5 Å². The summed E-state index contributed by atoms with van der Waals surface area (Å²) in [7, 11) is 0. The average Bonchev–Trinajstić information content (AvgIpc) is 2.81. The van der Waals surface area contributed by atoms with Gasteiger partial charge in [0.25, 0.3) is 0 Å². The highest BCUT2D eigenvalue weighted by Crippen LogP contribution is 2.16. The number of hydrogen-bond donors (Lipinski definition) is 1. The molecule has 1 aromatic rings. The SMILES string of the molecule is Cc1cc(C(C)C)nc(NCCC2CCCO2)n1. The van der Waals surface area contributed by atoms with E-state index in [-0.39, 0.29) is 0 Å². The fourth-order valence-corrected chi connectivity index (χ4v) is 2.18. The van der Waals surface area contributed by atoms with E-state index in [0.717, 1.165) is 36.9 Å². The van der Waals surface area contributed by atoms with E-state index < -0.39 is 0 Å². The van der Waals surface area contributed by atoms with Crippen molar-refractivity contribution in [3.8, 4) is 0 Å². The lowest BCUT2D eigenvalue weighted by Gasteiger charge is -2.12. The van der Waals surface area contributed by atoms with Crippen molar-refractivity contribution < 1.29 is 4.74 Å². The first kappa shape index (κ1) is 13.3. The molecule has 0 spiro atoms. The van der Waals surface area contributed by atoms with Gasteiger partial charge in [-0.05, 0) is 38.2 Å². The Morgan fingerprint density at radius 2 is 2.28 bits per heavy atom. The Kier molecular flexibility index (Phi) is 4.53. The van der Waals surface area contributed by atoms with Crippen LogP contribution in [-0.2, 0) is 4.74 Å². The number of aromatic nitrogens is 2. The third-order valence-electron chi connectivity index (χ3n) is 3.24. The number of hydrogen-bond acceptors (Lipinski definition) is 4. The largest absolute Gasteiger partial charge is 0.378 e. The molecule has 0 aliphatic carbocycles. The lowest BCUT2D eigenvalue weighted by molar-refractivity contribution is 0.107. The Labute approximate surface area is 109 Å². The van der Waals surface area contributed by atoms with Gasteiger partial charge in [-0.2, -0.15) is 0 Å². The first-order valence-corrected chi connectivity index (χ1v) is 6.86. The summed E-state index contributed by atoms with van der Waals surface area (Å²) in [6.45, 7) is 8.11. The molecule has 1 fully saturated rings. The van der Waals surface area contributed by atoms with Crippen LogP contribution in [0, 0.1) is 6.92 Å². The van der Waals surface area contributed by atoms with Crippen molar-refractivity contribution in [1.29, 1.82) is 0 Å². The quantitative estimate of drug-likeness (QED) is 0.871. The summed E-state index contributed by atoms with van der Waals surface area (Å²) in [4.78, 5) is 8.95. The van der Waals surface area contributed by atoms with E-state index in [2.05, 4.69) is 35.2 Å². The molecule has 0 radical (unpaired) electrons. The van der Waals surface area contributed by atoms with Gasteiger partial charge in [0, 0.05) is 24.5 Å². The molecule has 1 N–H and O–H groups in total. The summed E-state index contributed by atoms with van der Waals surface area (Å²) in [5, 5.41) is 3.31. The van der Waals surface area contributed by atoms with Crippen LogP contribution in [0.1, 0.15) is 50.4 Å². The molecule has 2 rings (SSSR count). The standard InChI is InChI=1S/C14H23N3O/c1-10(2)13-9-11(3)16-14(17-13)15-7-6-12-5-4-8-18-12/h9-10,12H,4-8H2,1-3H3,(H,15,16,17). The number of rotatable bonds is 5. The van der Waals surface area contributed by atoms with Crippen LogP contribution in [0.5, 0.6) is 0 Å². The molecule has 4 heteroatoms. The minimum absolute atomic E-state index is 0.423. The van der Waals surface area contributed by atoms with Gasteiger partial charge in [0.2, 0.25) is 5.95 Å². The first-order chi connectivity index (χ1) is 8.65. The fraction of sp³-hybridized carbons (Fsp3) is 0.714. The van der Waals surface area contributed by atoms with Crippen LogP contribution in [0.25, 0.3) is 0 Å². The Hall–Kier alpha value is -1.16. The molecule has 1 aliphatic rings. The molecule has 1 aromatic heterocycles. The van der Waals surface area contributed by atoms with Crippen molar-refractivity contribution in [2.24, 2.45) is 0 Å². The molecule has 0 bridgehead atoms. The smallest absolute Gasteiger partial charge is 0.223 e. The monoisotopic (exact) mass is 249 g/mol. The molecule has 100 valence electrons. The first-order valence-electron chi connectivity index (χ1n) is 6.86. The third-order valence-corrected chi connectivity index (χ3v) is 3.24. The van der Waals surface area contributed by atoms with Gasteiger partial charge < -0.3 is 10.1 Å². The van der Waals surface area contributed by atoms with E-state index in [9.17, 15) is 0 Å². The number of nitrogens with zero attached hydrogens (tertiary/aromatic N) is 2. The van der Waals surface area contributed by atoms with Crippen LogP contribution in [0.15, 0.2) is 6.07 Å². The molecule has 1 unspecified atom stereocenters. The lowest BCUT2D eigenvalue weighted by atomic mass is 10.1. The summed E-state index contributed by atoms with van der Waals surface area (Å²) in [5.74, 6) is 1.18. The van der Waals surface area contributed by atoms with Gasteiger partial charge in [0.1, 0.15) is 0 Å². The number of aryl methyl sites for hydroxylation is 1. The molecule has 0 amide bonds. The van der Waals surface area contributed by atoms with E-state index in [1.807, 2.05) is 6.92 Å². The molecule has 18 heavy (non-hydrogen) atoms. The summed E-state index contributed by atoms with van der Waals surface area (Å²) in [6, 6.07) is 2.05. The topological polar surface area (TPSA) is 47.0 Å². The molecule has 4 nitrogen and oxygen atoms in total. The van der Waals surface area contributed by atoms with Gasteiger partial charge in [-0.25, -0.2) is 9.97 Å². The van der Waals surface area contributed by atoms with E-state index >= 15 is 0 Å². The average molecular weight is 249 g/mol. The molecule has 2 heterocycles. The van der Waals surface area contributed by atoms with Crippen molar-refractivity contribution in [2.45, 2.75) is 52.1 Å². The predicted molar refractivity (Wildman–Crippen MR) is 72.9 cm³/mol. The van der Waals surface area contributed by atoms with E-state index in [1.54, 1.807) is 0 Å². The van der Waals surface area contributed by atoms with Gasteiger partial charge >= 0.3 is 0 Å². The van der Waals surface area contributed by atoms with Crippen LogP contribution in [-0.4, -0.2) is 29.2 Å². The summed E-state index contributed by atoms with van der Waals surface area (Å²) in [6.07, 6.45) is 3.84. The number of nitrogens with one attached hydrogen (secondary N) is 1. The van der Waals surface area contributed by atoms with Crippen LogP contribution in [0.4, 0.5) is 5.95 Å². The van der Waals surface area contributed by atoms with Gasteiger partial charge in [-0.1, -0.05) is 13.8 Å². The highest BCUT2D eigenvalue weighted by molar-refractivity contribution is 5.28. The lowest BCUT2D eigenvalue weighted by Crippen LogP contribution is -2.14. The number of anilines is 1. The maximum atomic E-state index is 5.60. The maximum absolute atomic E-state index is 5.60. The van der Waals surface area contributed by atoms with Crippen LogP contribution >= 0.6 is 0 Å². The Morgan fingerprint density at radius 1 is 1.44 bits per heavy atom. The summed E-state index contributed by atoms with van der Waals surface area (Å²) >= 11 is 0. The Balaban J connectivity index is 1.88. The Morgan fingerprint density at radius 3 is 2.94 bits per heavy atom. The minimum Gasteiger partial charge on any atom is -0.378 e. The molecule has 0 saturated carbocycles. The normalized spacial score (nSPS) is 19.4. The fourth-order valence-electron chi connectivity index (χ4n) is 2.18. The molecular weight excluding hydrogens is 226 g/mol. The van der Waals surface area contributed by atoms with E-state index in [0.29, 0.717) is 12.0 Å². The van der Waals surface area contributed by atoms with Gasteiger partial charge in [0.05, 0.1) is 6.10 Å². The molecule has 0 aromatic carbocycles. The second kappa shape index (κ2) is 6.14. The summed E-state index contributed by atoms with van der Waals surface area (Å²) in [5.41, 5.74) is 2.12. The van der Waals surface area contributed by atoms with Crippen molar-refractivity contribution in [2.75, 3.05) is 18.5 Å². The molecule has 1 aliphatic heterocycles. The molecule has 1 saturated heterocycles. The van der Waals surface area contributed by atoms with Gasteiger partial charge in [0.15, 0.2) is 0 Å². The van der Waals surface area contributed by atoms with E-state index in [4.69, 9.17) is 4.74 Å². The van der Waals surface area contributed by atoms with Crippen molar-refractivity contribution >= 4 is 5.95 Å². The Bertz CT molecular complexity index is 387. The second-order valence-electron chi connectivity index (χ2n) is 5.26. The van der Waals surface area contributed by atoms with Crippen molar-refractivity contribution in [1.82, 2.24) is 9.97 Å². The minimum atomic E-state index is 0.423. The molecular formula is C14H23N3O. The van der Waals surface area contributed by atoms with Gasteiger partial charge in [-0.3, -0.25) is 0 Å². The highest BCUT2D eigenvalue weighted by Gasteiger charge is 2.14. The highest BCUT2D eigenvalue weighted by atomic mass is 16.5.